The number of ether oxygens (including phenoxy) is 1. The zero-order valence-corrected chi connectivity index (χ0v) is 16.0. The number of hydrogen-bond acceptors (Lipinski definition) is 4. The molecule has 3 heterocycles. The van der Waals surface area contributed by atoms with Crippen molar-refractivity contribution in [3.05, 3.63) is 48.7 Å². The zero-order valence-electron chi connectivity index (χ0n) is 15.2. The summed E-state index contributed by atoms with van der Waals surface area (Å²) in [6.45, 7) is 1.39. The number of urea groups is 1. The Bertz CT molecular complexity index is 1110. The third kappa shape index (κ3) is 3.34. The van der Waals surface area contributed by atoms with Gasteiger partial charge in [0.15, 0.2) is 0 Å². The second kappa shape index (κ2) is 7.26. The van der Waals surface area contributed by atoms with E-state index in [1.807, 2.05) is 24.3 Å². The molecule has 0 unspecified atom stereocenters. The molecule has 0 aliphatic carbocycles. The summed E-state index contributed by atoms with van der Waals surface area (Å²) in [5.41, 5.74) is 2.77. The van der Waals surface area contributed by atoms with Crippen LogP contribution < -0.4 is 10.6 Å². The van der Waals surface area contributed by atoms with Crippen LogP contribution in [0.15, 0.2) is 48.7 Å². The molecule has 1 aliphatic rings. The van der Waals surface area contributed by atoms with Gasteiger partial charge in [0.1, 0.15) is 0 Å². The van der Waals surface area contributed by atoms with Crippen LogP contribution in [0, 0.1) is 0 Å². The molecule has 1 saturated heterocycles. The standard InChI is InChI=1S/C21H20N4O2S/c26-21(23-15-5-7-27-8-6-15)24-16-9-14-12-22-25-20(14)17(11-16)19-10-13-3-1-2-4-18(13)28-19/h1-4,9-12,15H,5-8H2,(H,22,25)(H2,23,24,26). The van der Waals surface area contributed by atoms with E-state index in [0.29, 0.717) is 13.2 Å². The highest BCUT2D eigenvalue weighted by atomic mass is 32.1. The quantitative estimate of drug-likeness (QED) is 0.471. The van der Waals surface area contributed by atoms with Crippen LogP contribution in [0.5, 0.6) is 0 Å². The molecule has 2 aromatic carbocycles. The Morgan fingerprint density at radius 3 is 2.86 bits per heavy atom. The Morgan fingerprint density at radius 1 is 1.14 bits per heavy atom. The van der Waals surface area contributed by atoms with Crippen molar-refractivity contribution in [3.63, 3.8) is 0 Å². The molecule has 142 valence electrons. The number of aromatic nitrogens is 2. The first-order valence-corrected chi connectivity index (χ1v) is 10.2. The average Bonchev–Trinajstić information content (AvgIpc) is 3.34. The molecule has 1 fully saturated rings. The molecule has 0 radical (unpaired) electrons. The number of nitrogens with zero attached hydrogens (tertiary/aromatic N) is 1. The average molecular weight is 392 g/mol. The molecule has 6 nitrogen and oxygen atoms in total. The number of H-pyrrole nitrogens is 1. The fraction of sp³-hybridized carbons (Fsp3) is 0.238. The lowest BCUT2D eigenvalue weighted by atomic mass is 10.1. The van der Waals surface area contributed by atoms with Crippen LogP contribution in [0.2, 0.25) is 0 Å². The topological polar surface area (TPSA) is 79.0 Å². The van der Waals surface area contributed by atoms with Gasteiger partial charge in [-0.1, -0.05) is 18.2 Å². The summed E-state index contributed by atoms with van der Waals surface area (Å²) in [4.78, 5) is 13.6. The molecule has 0 saturated carbocycles. The van der Waals surface area contributed by atoms with E-state index < -0.39 is 0 Å². The summed E-state index contributed by atoms with van der Waals surface area (Å²) in [6, 6.07) is 14.4. The fourth-order valence-electron chi connectivity index (χ4n) is 3.63. The van der Waals surface area contributed by atoms with Gasteiger partial charge in [0.2, 0.25) is 0 Å². The Kier molecular flexibility index (Phi) is 4.46. The molecular formula is C21H20N4O2S. The van der Waals surface area contributed by atoms with Crippen LogP contribution >= 0.6 is 11.3 Å². The van der Waals surface area contributed by atoms with Crippen LogP contribution in [0.4, 0.5) is 10.5 Å². The SMILES string of the molecule is O=C(Nc1cc(-c2cc3ccccc3s2)c2[nH]ncc2c1)NC1CCOCC1. The van der Waals surface area contributed by atoms with Crippen molar-refractivity contribution in [1.82, 2.24) is 15.5 Å². The number of carbonyl (C=O) groups excluding carboxylic acids is 1. The molecule has 0 atom stereocenters. The third-order valence-electron chi connectivity index (χ3n) is 5.05. The van der Waals surface area contributed by atoms with Gasteiger partial charge in [-0.05, 0) is 42.5 Å². The van der Waals surface area contributed by atoms with Crippen molar-refractivity contribution in [2.45, 2.75) is 18.9 Å². The maximum Gasteiger partial charge on any atom is 0.319 e. The van der Waals surface area contributed by atoms with Gasteiger partial charge in [-0.15, -0.1) is 11.3 Å². The van der Waals surface area contributed by atoms with Gasteiger partial charge >= 0.3 is 6.03 Å². The summed E-state index contributed by atoms with van der Waals surface area (Å²) in [5, 5.41) is 15.5. The molecule has 2 aromatic heterocycles. The van der Waals surface area contributed by atoms with E-state index >= 15 is 0 Å². The van der Waals surface area contributed by atoms with E-state index in [9.17, 15) is 4.79 Å². The number of carbonyl (C=O) groups is 1. The number of nitrogens with one attached hydrogen (secondary N) is 3. The predicted molar refractivity (Wildman–Crippen MR) is 113 cm³/mol. The van der Waals surface area contributed by atoms with E-state index in [2.05, 4.69) is 39.0 Å². The molecule has 3 N–H and O–H groups in total. The van der Waals surface area contributed by atoms with Crippen LogP contribution in [0.1, 0.15) is 12.8 Å². The molecule has 1 aliphatic heterocycles. The summed E-state index contributed by atoms with van der Waals surface area (Å²) >= 11 is 1.73. The molecule has 0 bridgehead atoms. The number of aromatic amines is 1. The highest BCUT2D eigenvalue weighted by Gasteiger charge is 2.17. The van der Waals surface area contributed by atoms with Crippen LogP contribution in [0.25, 0.3) is 31.4 Å². The van der Waals surface area contributed by atoms with Crippen molar-refractivity contribution in [3.8, 4) is 10.4 Å². The summed E-state index contributed by atoms with van der Waals surface area (Å²) in [6.07, 6.45) is 3.48. The lowest BCUT2D eigenvalue weighted by Crippen LogP contribution is -2.41. The summed E-state index contributed by atoms with van der Waals surface area (Å²) < 4.78 is 6.58. The lowest BCUT2D eigenvalue weighted by Gasteiger charge is -2.23. The zero-order chi connectivity index (χ0) is 18.9. The molecule has 5 rings (SSSR count). The number of anilines is 1. The first-order chi connectivity index (χ1) is 13.8. The molecule has 28 heavy (non-hydrogen) atoms. The Morgan fingerprint density at radius 2 is 2.00 bits per heavy atom. The molecule has 4 aromatic rings. The van der Waals surface area contributed by atoms with Gasteiger partial charge in [-0.3, -0.25) is 5.10 Å². The van der Waals surface area contributed by atoms with E-state index in [4.69, 9.17) is 4.74 Å². The predicted octanol–water partition coefficient (Wildman–Crippen LogP) is 4.75. The van der Waals surface area contributed by atoms with Gasteiger partial charge in [-0.2, -0.15) is 5.10 Å². The van der Waals surface area contributed by atoms with E-state index in [-0.39, 0.29) is 12.1 Å². The minimum atomic E-state index is -0.183. The Labute approximate surface area is 165 Å². The van der Waals surface area contributed by atoms with Gasteiger partial charge in [0, 0.05) is 45.5 Å². The second-order valence-electron chi connectivity index (χ2n) is 6.99. The highest BCUT2D eigenvalue weighted by molar-refractivity contribution is 7.22. The van der Waals surface area contributed by atoms with Crippen molar-refractivity contribution in [1.29, 1.82) is 0 Å². The second-order valence-corrected chi connectivity index (χ2v) is 8.08. The van der Waals surface area contributed by atoms with Crippen molar-refractivity contribution >= 4 is 44.0 Å². The van der Waals surface area contributed by atoms with Crippen LogP contribution in [0.3, 0.4) is 0 Å². The smallest absolute Gasteiger partial charge is 0.319 e. The molecule has 2 amide bonds. The van der Waals surface area contributed by atoms with Gasteiger partial charge in [0.05, 0.1) is 11.7 Å². The number of rotatable bonds is 3. The number of fused-ring (bicyclic) bond motifs is 2. The first kappa shape index (κ1) is 17.2. The normalized spacial score (nSPS) is 15.1. The third-order valence-corrected chi connectivity index (χ3v) is 6.20. The molecule has 7 heteroatoms. The van der Waals surface area contributed by atoms with E-state index in [0.717, 1.165) is 39.9 Å². The maximum atomic E-state index is 12.5. The van der Waals surface area contributed by atoms with E-state index in [1.165, 1.54) is 10.1 Å². The molecule has 0 spiro atoms. The first-order valence-electron chi connectivity index (χ1n) is 9.37. The van der Waals surface area contributed by atoms with Gasteiger partial charge < -0.3 is 15.4 Å². The van der Waals surface area contributed by atoms with E-state index in [1.54, 1.807) is 17.5 Å². The largest absolute Gasteiger partial charge is 0.381 e. The highest BCUT2D eigenvalue weighted by Crippen LogP contribution is 2.38. The number of amides is 2. The Balaban J connectivity index is 1.46. The number of thiophene rings is 1. The lowest BCUT2D eigenvalue weighted by molar-refractivity contribution is 0.0806. The van der Waals surface area contributed by atoms with Crippen molar-refractivity contribution in [2.75, 3.05) is 18.5 Å². The van der Waals surface area contributed by atoms with Crippen LogP contribution in [-0.4, -0.2) is 35.5 Å². The maximum absolute atomic E-state index is 12.5. The monoisotopic (exact) mass is 392 g/mol. The van der Waals surface area contributed by atoms with Crippen molar-refractivity contribution < 1.29 is 9.53 Å². The van der Waals surface area contributed by atoms with Gasteiger partial charge in [0.25, 0.3) is 0 Å². The van der Waals surface area contributed by atoms with Crippen LogP contribution in [-0.2, 0) is 4.74 Å². The summed E-state index contributed by atoms with van der Waals surface area (Å²) in [5.74, 6) is 0. The molecular weight excluding hydrogens is 372 g/mol. The Hall–Kier alpha value is -2.90. The minimum absolute atomic E-state index is 0.161. The fourth-order valence-corrected chi connectivity index (χ4v) is 4.72. The van der Waals surface area contributed by atoms with Gasteiger partial charge in [-0.25, -0.2) is 4.79 Å². The number of hydrogen-bond donors (Lipinski definition) is 3. The van der Waals surface area contributed by atoms with Crippen molar-refractivity contribution in [2.24, 2.45) is 0 Å². The number of benzene rings is 2. The summed E-state index contributed by atoms with van der Waals surface area (Å²) in [7, 11) is 0. The minimum Gasteiger partial charge on any atom is -0.381 e.